The molecule has 0 N–H and O–H groups in total. The number of nitrogens with zero attached hydrogens (tertiary/aromatic N) is 2. The van der Waals surface area contributed by atoms with Crippen LogP contribution in [-0.4, -0.2) is 54.4 Å². The van der Waals surface area contributed by atoms with Crippen molar-refractivity contribution >= 4 is 5.91 Å². The Hall–Kier alpha value is -0.610. The Balaban J connectivity index is 1.46. The number of amides is 1. The molecule has 2 aliphatic rings. The van der Waals surface area contributed by atoms with Gasteiger partial charge in [-0.25, -0.2) is 0 Å². The lowest BCUT2D eigenvalue weighted by atomic mass is 10.0. The number of unbranched alkanes of at least 4 members (excludes halogenated alkanes) is 13. The summed E-state index contributed by atoms with van der Waals surface area (Å²) in [6, 6.07) is 0. The van der Waals surface area contributed by atoms with Gasteiger partial charge in [-0.15, -0.1) is 0 Å². The van der Waals surface area contributed by atoms with E-state index in [0.717, 1.165) is 43.8 Å². The van der Waals surface area contributed by atoms with E-state index in [4.69, 9.17) is 4.74 Å². The fraction of sp³-hybridized carbons (Fsp3) is 0.960. The summed E-state index contributed by atoms with van der Waals surface area (Å²) in [6.45, 7) is 9.33. The van der Waals surface area contributed by atoms with E-state index in [1.54, 1.807) is 0 Å². The van der Waals surface area contributed by atoms with E-state index in [2.05, 4.69) is 18.7 Å². The second kappa shape index (κ2) is 14.4. The van der Waals surface area contributed by atoms with Gasteiger partial charge in [-0.3, -0.25) is 14.2 Å². The molecule has 4 nitrogen and oxygen atoms in total. The van der Waals surface area contributed by atoms with Gasteiger partial charge < -0.3 is 4.74 Å². The summed E-state index contributed by atoms with van der Waals surface area (Å²) in [4.78, 5) is 14.2. The summed E-state index contributed by atoms with van der Waals surface area (Å²) < 4.78 is 6.90. The number of ether oxygens (including phenoxy) is 1. The van der Waals surface area contributed by atoms with Crippen molar-refractivity contribution in [2.24, 2.45) is 0 Å². The van der Waals surface area contributed by atoms with Crippen LogP contribution in [0.5, 0.6) is 0 Å². The minimum Gasteiger partial charge on any atom is -0.323 e. The van der Waals surface area contributed by atoms with Crippen LogP contribution in [0, 0.1) is 0 Å². The van der Waals surface area contributed by atoms with Crippen molar-refractivity contribution < 1.29 is 14.0 Å². The Morgan fingerprint density at radius 2 is 1.45 bits per heavy atom. The molecule has 0 spiro atoms. The molecule has 29 heavy (non-hydrogen) atoms. The van der Waals surface area contributed by atoms with Gasteiger partial charge in [0.2, 0.25) is 5.91 Å². The van der Waals surface area contributed by atoms with Crippen molar-refractivity contribution in [3.8, 4) is 0 Å². The number of carbonyl (C=O) groups is 1. The average Bonchev–Trinajstić information content (AvgIpc) is 3.28. The smallest absolute Gasteiger partial charge is 0.226 e. The van der Waals surface area contributed by atoms with E-state index in [0.29, 0.717) is 12.0 Å². The maximum absolute atomic E-state index is 12.1. The molecule has 2 unspecified atom stereocenters. The van der Waals surface area contributed by atoms with Crippen molar-refractivity contribution in [3.05, 3.63) is 0 Å². The molecule has 2 fully saturated rings. The van der Waals surface area contributed by atoms with E-state index in [1.165, 1.54) is 96.4 Å². The molecular weight excluding hydrogens is 360 g/mol. The Morgan fingerprint density at radius 3 is 1.90 bits per heavy atom. The summed E-state index contributed by atoms with van der Waals surface area (Å²) in [5, 5.41) is 0. The van der Waals surface area contributed by atoms with Crippen LogP contribution in [-0.2, 0) is 9.53 Å². The van der Waals surface area contributed by atoms with Gasteiger partial charge in [0, 0.05) is 13.0 Å². The average molecular weight is 410 g/mol. The lowest BCUT2D eigenvalue weighted by Gasteiger charge is -2.36. The standard InChI is InChI=1S/C25H49N2O2/c1-3-4-5-6-7-8-9-10-11-12-13-14-15-16-20-27(21-24(2)29-23-27)22-26-19-17-18-25(26)28/h24H,3-23H2,1-2H3/q+1. The van der Waals surface area contributed by atoms with Gasteiger partial charge in [0.05, 0.1) is 6.54 Å². The number of quaternary nitrogens is 1. The Morgan fingerprint density at radius 1 is 0.897 bits per heavy atom. The van der Waals surface area contributed by atoms with Gasteiger partial charge in [-0.2, -0.15) is 0 Å². The molecule has 4 heteroatoms. The van der Waals surface area contributed by atoms with Gasteiger partial charge in [-0.1, -0.05) is 84.0 Å². The zero-order valence-corrected chi connectivity index (χ0v) is 19.6. The first-order valence-electron chi connectivity index (χ1n) is 12.9. The Labute approximate surface area is 180 Å². The monoisotopic (exact) mass is 409 g/mol. The molecule has 2 rings (SSSR count). The zero-order chi connectivity index (χ0) is 20.8. The summed E-state index contributed by atoms with van der Waals surface area (Å²) in [5.74, 6) is 0.350. The molecule has 2 atom stereocenters. The van der Waals surface area contributed by atoms with Gasteiger partial charge in [-0.05, 0) is 26.2 Å². The van der Waals surface area contributed by atoms with Gasteiger partial charge in [0.25, 0.3) is 0 Å². The summed E-state index contributed by atoms with van der Waals surface area (Å²) in [7, 11) is 0. The third kappa shape index (κ3) is 9.83. The first kappa shape index (κ1) is 24.7. The van der Waals surface area contributed by atoms with Crippen molar-refractivity contribution in [1.29, 1.82) is 0 Å². The molecule has 2 saturated heterocycles. The quantitative estimate of drug-likeness (QED) is 0.210. The maximum Gasteiger partial charge on any atom is 0.226 e. The fourth-order valence-corrected chi connectivity index (χ4v) is 5.12. The highest BCUT2D eigenvalue weighted by atomic mass is 16.5. The first-order valence-corrected chi connectivity index (χ1v) is 12.9. The molecule has 2 aliphatic heterocycles. The van der Waals surface area contributed by atoms with Crippen molar-refractivity contribution in [2.45, 2.75) is 123 Å². The minimum atomic E-state index is 0.333. The third-order valence-corrected chi connectivity index (χ3v) is 6.91. The van der Waals surface area contributed by atoms with Crippen molar-refractivity contribution in [3.63, 3.8) is 0 Å². The van der Waals surface area contributed by atoms with Crippen molar-refractivity contribution in [2.75, 3.05) is 33.0 Å². The molecule has 0 radical (unpaired) electrons. The highest BCUT2D eigenvalue weighted by Crippen LogP contribution is 2.24. The number of rotatable bonds is 17. The fourth-order valence-electron chi connectivity index (χ4n) is 5.12. The van der Waals surface area contributed by atoms with Gasteiger partial charge >= 0.3 is 0 Å². The van der Waals surface area contributed by atoms with E-state index < -0.39 is 0 Å². The number of hydrogen-bond donors (Lipinski definition) is 0. The second-order valence-corrected chi connectivity index (χ2v) is 9.85. The summed E-state index contributed by atoms with van der Waals surface area (Å²) >= 11 is 0. The van der Waals surface area contributed by atoms with Crippen LogP contribution in [0.2, 0.25) is 0 Å². The predicted molar refractivity (Wildman–Crippen MR) is 122 cm³/mol. The molecule has 0 bridgehead atoms. The number of carbonyl (C=O) groups excluding carboxylic acids is 1. The van der Waals surface area contributed by atoms with Crippen LogP contribution in [0.1, 0.15) is 117 Å². The van der Waals surface area contributed by atoms with Crippen LogP contribution in [0.15, 0.2) is 0 Å². The topological polar surface area (TPSA) is 29.5 Å². The van der Waals surface area contributed by atoms with E-state index in [9.17, 15) is 4.79 Å². The summed E-state index contributed by atoms with van der Waals surface area (Å²) in [5.41, 5.74) is 0. The second-order valence-electron chi connectivity index (χ2n) is 9.85. The van der Waals surface area contributed by atoms with Crippen LogP contribution in [0.25, 0.3) is 0 Å². The normalized spacial score (nSPS) is 24.7. The Kier molecular flexibility index (Phi) is 12.2. The zero-order valence-electron chi connectivity index (χ0n) is 19.6. The van der Waals surface area contributed by atoms with E-state index in [-0.39, 0.29) is 0 Å². The molecule has 0 aliphatic carbocycles. The van der Waals surface area contributed by atoms with Gasteiger partial charge in [0.15, 0.2) is 13.4 Å². The van der Waals surface area contributed by atoms with Crippen LogP contribution in [0.4, 0.5) is 0 Å². The van der Waals surface area contributed by atoms with Crippen LogP contribution >= 0.6 is 0 Å². The lowest BCUT2D eigenvalue weighted by molar-refractivity contribution is -0.933. The summed E-state index contributed by atoms with van der Waals surface area (Å²) in [6.07, 6.45) is 21.8. The van der Waals surface area contributed by atoms with Gasteiger partial charge in [0.1, 0.15) is 12.6 Å². The molecule has 1 amide bonds. The van der Waals surface area contributed by atoms with Crippen LogP contribution in [0.3, 0.4) is 0 Å². The molecular formula is C25H49N2O2+. The molecule has 170 valence electrons. The van der Waals surface area contributed by atoms with E-state index in [1.807, 2.05) is 0 Å². The first-order chi connectivity index (χ1) is 14.2. The lowest BCUT2D eigenvalue weighted by Crippen LogP contribution is -2.54. The third-order valence-electron chi connectivity index (χ3n) is 6.91. The molecule has 0 aromatic carbocycles. The number of hydrogen-bond acceptors (Lipinski definition) is 2. The number of likely N-dealkylation sites (tertiary alicyclic amines) is 1. The van der Waals surface area contributed by atoms with Crippen LogP contribution < -0.4 is 0 Å². The van der Waals surface area contributed by atoms with Crippen molar-refractivity contribution in [1.82, 2.24) is 4.90 Å². The highest BCUT2D eigenvalue weighted by Gasteiger charge is 2.40. The minimum absolute atomic E-state index is 0.333. The largest absolute Gasteiger partial charge is 0.323 e. The van der Waals surface area contributed by atoms with E-state index >= 15 is 0 Å². The molecule has 0 aromatic rings. The predicted octanol–water partition coefficient (Wildman–Crippen LogP) is 6.24. The Bertz CT molecular complexity index is 443. The molecule has 2 heterocycles. The SMILES string of the molecule is CCCCCCCCCCCCCCCC[N+]1(CN2CCCC2=O)COC(C)C1. The highest BCUT2D eigenvalue weighted by molar-refractivity contribution is 5.77. The molecule has 0 aromatic heterocycles. The maximum atomic E-state index is 12.1. The molecule has 0 saturated carbocycles.